The van der Waals surface area contributed by atoms with Crippen molar-refractivity contribution in [2.24, 2.45) is 5.73 Å². The molecule has 0 spiro atoms. The molecule has 0 atom stereocenters. The van der Waals surface area contributed by atoms with Crippen LogP contribution in [0.3, 0.4) is 0 Å². The molecule has 0 aliphatic heterocycles. The first-order chi connectivity index (χ1) is 7.50. The van der Waals surface area contributed by atoms with Gasteiger partial charge in [-0.05, 0) is 44.7 Å². The summed E-state index contributed by atoms with van der Waals surface area (Å²) in [4.78, 5) is 2.30. The summed E-state index contributed by atoms with van der Waals surface area (Å²) in [7, 11) is 2.14. The topological polar surface area (TPSA) is 29.3 Å². The monoisotopic (exact) mass is 218 g/mol. The molecule has 0 radical (unpaired) electrons. The van der Waals surface area contributed by atoms with Crippen molar-refractivity contribution >= 4 is 5.69 Å². The highest BCUT2D eigenvalue weighted by Gasteiger charge is 2.33. The molecule has 1 aromatic carbocycles. The highest BCUT2D eigenvalue weighted by Crippen LogP contribution is 2.31. The zero-order valence-electron chi connectivity index (χ0n) is 10.6. The third-order valence-electron chi connectivity index (χ3n) is 3.66. The van der Waals surface area contributed by atoms with E-state index in [2.05, 4.69) is 44.0 Å². The van der Waals surface area contributed by atoms with Crippen LogP contribution in [0.5, 0.6) is 0 Å². The Hall–Kier alpha value is -1.02. The van der Waals surface area contributed by atoms with Crippen LogP contribution in [-0.2, 0) is 0 Å². The molecule has 2 nitrogen and oxygen atoms in total. The molecule has 0 heterocycles. The minimum absolute atomic E-state index is 0.0616. The Morgan fingerprint density at radius 2 is 2.00 bits per heavy atom. The van der Waals surface area contributed by atoms with Crippen molar-refractivity contribution in [1.82, 2.24) is 0 Å². The molecule has 0 aromatic heterocycles. The lowest BCUT2D eigenvalue weighted by Gasteiger charge is -2.41. The molecule has 2 heteroatoms. The molecule has 16 heavy (non-hydrogen) atoms. The average Bonchev–Trinajstić information content (AvgIpc) is 2.14. The molecule has 2 N–H and O–H groups in total. The molecule has 1 aliphatic rings. The normalized spacial score (nSPS) is 18.0. The fourth-order valence-electron chi connectivity index (χ4n) is 2.58. The van der Waals surface area contributed by atoms with Gasteiger partial charge in [0.1, 0.15) is 0 Å². The average molecular weight is 218 g/mol. The second-order valence-corrected chi connectivity index (χ2v) is 5.36. The first-order valence-electron chi connectivity index (χ1n) is 6.07. The van der Waals surface area contributed by atoms with E-state index in [1.54, 1.807) is 0 Å². The zero-order chi connectivity index (χ0) is 11.8. The maximum atomic E-state index is 6.28. The minimum atomic E-state index is 0.0616. The first-order valence-corrected chi connectivity index (χ1v) is 6.07. The van der Waals surface area contributed by atoms with Gasteiger partial charge < -0.3 is 10.6 Å². The molecule has 0 unspecified atom stereocenters. The summed E-state index contributed by atoms with van der Waals surface area (Å²) in [6, 6.07) is 6.60. The summed E-state index contributed by atoms with van der Waals surface area (Å²) in [5.74, 6) is 0. The van der Waals surface area contributed by atoms with Crippen molar-refractivity contribution in [3.63, 3.8) is 0 Å². The number of anilines is 1. The van der Waals surface area contributed by atoms with E-state index < -0.39 is 0 Å². The molecule has 0 saturated heterocycles. The Morgan fingerprint density at radius 3 is 2.50 bits per heavy atom. The number of rotatable bonds is 3. The highest BCUT2D eigenvalue weighted by atomic mass is 15.1. The molecule has 1 aliphatic carbocycles. The highest BCUT2D eigenvalue weighted by molar-refractivity contribution is 5.54. The van der Waals surface area contributed by atoms with Gasteiger partial charge in [0.15, 0.2) is 0 Å². The Morgan fingerprint density at radius 1 is 1.31 bits per heavy atom. The van der Waals surface area contributed by atoms with Gasteiger partial charge in [0.05, 0.1) is 0 Å². The van der Waals surface area contributed by atoms with Crippen LogP contribution >= 0.6 is 0 Å². The van der Waals surface area contributed by atoms with Gasteiger partial charge in [0, 0.05) is 24.8 Å². The fraction of sp³-hybridized carbons (Fsp3) is 0.571. The van der Waals surface area contributed by atoms with Crippen molar-refractivity contribution in [2.45, 2.75) is 38.6 Å². The number of hydrogen-bond donors (Lipinski definition) is 1. The molecule has 0 amide bonds. The Labute approximate surface area is 98.4 Å². The quantitative estimate of drug-likeness (QED) is 0.845. The first kappa shape index (κ1) is 11.5. The SMILES string of the molecule is Cc1ccc(N(C)CC2(N)CCC2)c(C)c1. The van der Waals surface area contributed by atoms with E-state index in [9.17, 15) is 0 Å². The lowest BCUT2D eigenvalue weighted by molar-refractivity contribution is 0.255. The van der Waals surface area contributed by atoms with Crippen LogP contribution in [0, 0.1) is 13.8 Å². The zero-order valence-corrected chi connectivity index (χ0v) is 10.6. The summed E-state index contributed by atoms with van der Waals surface area (Å²) in [6.07, 6.45) is 3.63. The lowest BCUT2D eigenvalue weighted by Crippen LogP contribution is -2.54. The molecule has 1 fully saturated rings. The van der Waals surface area contributed by atoms with Gasteiger partial charge in [-0.25, -0.2) is 0 Å². The lowest BCUT2D eigenvalue weighted by atomic mass is 9.77. The number of likely N-dealkylation sites (N-methyl/N-ethyl adjacent to an activating group) is 1. The fourth-order valence-corrected chi connectivity index (χ4v) is 2.58. The van der Waals surface area contributed by atoms with Crippen LogP contribution in [0.1, 0.15) is 30.4 Å². The summed E-state index contributed by atoms with van der Waals surface area (Å²) >= 11 is 0. The largest absolute Gasteiger partial charge is 0.373 e. The number of nitrogens with zero attached hydrogens (tertiary/aromatic N) is 1. The van der Waals surface area contributed by atoms with Crippen LogP contribution in [0.15, 0.2) is 18.2 Å². The second-order valence-electron chi connectivity index (χ2n) is 5.36. The number of aryl methyl sites for hydroxylation is 2. The maximum Gasteiger partial charge on any atom is 0.0394 e. The van der Waals surface area contributed by atoms with Gasteiger partial charge in [-0.2, -0.15) is 0 Å². The third-order valence-corrected chi connectivity index (χ3v) is 3.66. The van der Waals surface area contributed by atoms with E-state index in [1.807, 2.05) is 0 Å². The van der Waals surface area contributed by atoms with Gasteiger partial charge in [0.25, 0.3) is 0 Å². The van der Waals surface area contributed by atoms with Gasteiger partial charge in [-0.15, -0.1) is 0 Å². The number of nitrogens with two attached hydrogens (primary N) is 1. The Kier molecular flexibility index (Phi) is 2.94. The van der Waals surface area contributed by atoms with Gasteiger partial charge in [0.2, 0.25) is 0 Å². The van der Waals surface area contributed by atoms with Crippen molar-refractivity contribution in [1.29, 1.82) is 0 Å². The van der Waals surface area contributed by atoms with E-state index >= 15 is 0 Å². The second kappa shape index (κ2) is 4.10. The van der Waals surface area contributed by atoms with Crippen molar-refractivity contribution < 1.29 is 0 Å². The predicted octanol–water partition coefficient (Wildman–Crippen LogP) is 2.62. The smallest absolute Gasteiger partial charge is 0.0394 e. The van der Waals surface area contributed by atoms with Crippen LogP contribution < -0.4 is 10.6 Å². The van der Waals surface area contributed by atoms with E-state index in [-0.39, 0.29) is 5.54 Å². The van der Waals surface area contributed by atoms with Gasteiger partial charge in [-0.3, -0.25) is 0 Å². The summed E-state index contributed by atoms with van der Waals surface area (Å²) in [6.45, 7) is 5.27. The van der Waals surface area contributed by atoms with E-state index in [0.29, 0.717) is 0 Å². The summed E-state index contributed by atoms with van der Waals surface area (Å²) in [5, 5.41) is 0. The minimum Gasteiger partial charge on any atom is -0.373 e. The van der Waals surface area contributed by atoms with Crippen molar-refractivity contribution in [2.75, 3.05) is 18.5 Å². The molecule has 1 aromatic rings. The number of hydrogen-bond acceptors (Lipinski definition) is 2. The van der Waals surface area contributed by atoms with Crippen molar-refractivity contribution in [3.05, 3.63) is 29.3 Å². The van der Waals surface area contributed by atoms with Gasteiger partial charge in [-0.1, -0.05) is 17.7 Å². The number of benzene rings is 1. The van der Waals surface area contributed by atoms with Gasteiger partial charge >= 0.3 is 0 Å². The Bertz CT molecular complexity index is 380. The molecule has 1 saturated carbocycles. The van der Waals surface area contributed by atoms with E-state index in [0.717, 1.165) is 6.54 Å². The molecule has 2 rings (SSSR count). The van der Waals surface area contributed by atoms with Crippen LogP contribution in [-0.4, -0.2) is 19.1 Å². The summed E-state index contributed by atoms with van der Waals surface area (Å²) < 4.78 is 0. The Balaban J connectivity index is 2.11. The molecule has 0 bridgehead atoms. The van der Waals surface area contributed by atoms with E-state index in [4.69, 9.17) is 5.73 Å². The molecular formula is C14H22N2. The third kappa shape index (κ3) is 2.22. The molecular weight excluding hydrogens is 196 g/mol. The molecule has 88 valence electrons. The van der Waals surface area contributed by atoms with E-state index in [1.165, 1.54) is 36.1 Å². The standard InChI is InChI=1S/C14H22N2/c1-11-5-6-13(12(2)9-11)16(3)10-14(15)7-4-8-14/h5-6,9H,4,7-8,10,15H2,1-3H3. The van der Waals surface area contributed by atoms with Crippen molar-refractivity contribution in [3.8, 4) is 0 Å². The van der Waals surface area contributed by atoms with Crippen LogP contribution in [0.25, 0.3) is 0 Å². The predicted molar refractivity (Wildman–Crippen MR) is 70.0 cm³/mol. The summed E-state index contributed by atoms with van der Waals surface area (Å²) in [5.41, 5.74) is 10.3. The van der Waals surface area contributed by atoms with Crippen LogP contribution in [0.2, 0.25) is 0 Å². The van der Waals surface area contributed by atoms with Crippen LogP contribution in [0.4, 0.5) is 5.69 Å². The maximum absolute atomic E-state index is 6.28.